The van der Waals surface area contributed by atoms with E-state index in [0.29, 0.717) is 5.88 Å². The smallest absolute Gasteiger partial charge is 0.269 e. The summed E-state index contributed by atoms with van der Waals surface area (Å²) in [6.45, 7) is 0. The number of hydrogen-bond acceptors (Lipinski definition) is 2. The number of carbonyl (C=O) groups is 1. The maximum Gasteiger partial charge on any atom is 0.269 e. The molecule has 4 heteroatoms. The van der Waals surface area contributed by atoms with Gasteiger partial charge in [0.2, 0.25) is 0 Å². The fourth-order valence-corrected chi connectivity index (χ4v) is 0.566. The van der Waals surface area contributed by atoms with E-state index in [1.165, 1.54) is 20.2 Å². The van der Waals surface area contributed by atoms with Crippen molar-refractivity contribution in [2.24, 2.45) is 0 Å². The lowest BCUT2D eigenvalue weighted by molar-refractivity contribution is -0.162. The van der Waals surface area contributed by atoms with Gasteiger partial charge in [0.1, 0.15) is 0 Å². The van der Waals surface area contributed by atoms with Gasteiger partial charge in [-0.2, -0.15) is 0 Å². The first-order valence-corrected chi connectivity index (χ1v) is 3.96. The van der Waals surface area contributed by atoms with E-state index in [2.05, 4.69) is 4.84 Å². The number of allylic oxidation sites excluding steroid dienone is 3. The lowest BCUT2D eigenvalue weighted by Gasteiger charge is -2.09. The van der Waals surface area contributed by atoms with Crippen molar-refractivity contribution in [3.8, 4) is 0 Å². The van der Waals surface area contributed by atoms with Gasteiger partial charge in [0.25, 0.3) is 5.91 Å². The minimum Gasteiger partial charge on any atom is -0.274 e. The van der Waals surface area contributed by atoms with Crippen molar-refractivity contribution in [2.75, 3.05) is 20.0 Å². The highest BCUT2D eigenvalue weighted by Crippen LogP contribution is 1.87. The number of hydroxylamine groups is 2. The van der Waals surface area contributed by atoms with Gasteiger partial charge >= 0.3 is 0 Å². The Morgan fingerprint density at radius 3 is 2.75 bits per heavy atom. The minimum atomic E-state index is -0.211. The van der Waals surface area contributed by atoms with Gasteiger partial charge in [0, 0.05) is 19.0 Å². The zero-order valence-corrected chi connectivity index (χ0v) is 7.91. The molecule has 0 aromatic rings. The molecule has 0 aliphatic heterocycles. The SMILES string of the molecule is CON(C)C(=O)/C=C/C=C\CCl. The van der Waals surface area contributed by atoms with Crippen molar-refractivity contribution in [2.45, 2.75) is 0 Å². The second-order valence-electron chi connectivity index (χ2n) is 1.96. The van der Waals surface area contributed by atoms with E-state index in [0.717, 1.165) is 5.06 Å². The molecular weight excluding hydrogens is 178 g/mol. The summed E-state index contributed by atoms with van der Waals surface area (Å²) in [5.74, 6) is 0.232. The molecule has 0 heterocycles. The summed E-state index contributed by atoms with van der Waals surface area (Å²) in [5, 5.41) is 1.13. The molecule has 0 atom stereocenters. The molecule has 0 saturated heterocycles. The summed E-state index contributed by atoms with van der Waals surface area (Å²) >= 11 is 5.37. The lowest BCUT2D eigenvalue weighted by Crippen LogP contribution is -2.22. The summed E-state index contributed by atoms with van der Waals surface area (Å²) in [5.41, 5.74) is 0. The van der Waals surface area contributed by atoms with Crippen LogP contribution < -0.4 is 0 Å². The van der Waals surface area contributed by atoms with Crippen LogP contribution in [0.4, 0.5) is 0 Å². The van der Waals surface area contributed by atoms with Crippen LogP contribution in [-0.2, 0) is 9.63 Å². The maximum atomic E-state index is 11.0. The Morgan fingerprint density at radius 1 is 1.58 bits per heavy atom. The van der Waals surface area contributed by atoms with Gasteiger partial charge in [-0.15, -0.1) is 11.6 Å². The fourth-order valence-electron chi connectivity index (χ4n) is 0.463. The molecule has 0 fully saturated rings. The van der Waals surface area contributed by atoms with Gasteiger partial charge in [-0.05, 0) is 0 Å². The lowest BCUT2D eigenvalue weighted by atomic mass is 10.4. The highest BCUT2D eigenvalue weighted by Gasteiger charge is 1.99. The molecule has 0 aromatic carbocycles. The molecule has 12 heavy (non-hydrogen) atoms. The Labute approximate surface area is 77.2 Å². The quantitative estimate of drug-likeness (QED) is 0.289. The van der Waals surface area contributed by atoms with E-state index in [1.807, 2.05) is 0 Å². The Kier molecular flexibility index (Phi) is 6.42. The Morgan fingerprint density at radius 2 is 2.25 bits per heavy atom. The van der Waals surface area contributed by atoms with E-state index in [9.17, 15) is 4.79 Å². The number of likely N-dealkylation sites (N-methyl/N-ethyl adjacent to an activating group) is 1. The monoisotopic (exact) mass is 189 g/mol. The van der Waals surface area contributed by atoms with Gasteiger partial charge in [0.05, 0.1) is 7.11 Å². The molecule has 1 amide bonds. The molecule has 0 spiro atoms. The third kappa shape index (κ3) is 4.93. The minimum absolute atomic E-state index is 0.211. The van der Waals surface area contributed by atoms with Crippen LogP contribution >= 0.6 is 11.6 Å². The van der Waals surface area contributed by atoms with Crippen LogP contribution in [0.1, 0.15) is 0 Å². The molecule has 0 aliphatic carbocycles. The van der Waals surface area contributed by atoms with Crippen LogP contribution in [0.15, 0.2) is 24.3 Å². The Balaban J connectivity index is 3.83. The van der Waals surface area contributed by atoms with Gasteiger partial charge < -0.3 is 0 Å². The first-order chi connectivity index (χ1) is 5.72. The molecule has 0 aliphatic rings. The van der Waals surface area contributed by atoms with E-state index in [4.69, 9.17) is 11.6 Å². The Hall–Kier alpha value is -0.800. The molecular formula is C8H12ClNO2. The highest BCUT2D eigenvalue weighted by molar-refractivity contribution is 6.18. The second-order valence-corrected chi connectivity index (χ2v) is 2.27. The number of carbonyl (C=O) groups excluding carboxylic acids is 1. The predicted molar refractivity (Wildman–Crippen MR) is 48.8 cm³/mol. The average molecular weight is 190 g/mol. The van der Waals surface area contributed by atoms with Crippen LogP contribution in [0.3, 0.4) is 0 Å². The molecule has 0 rings (SSSR count). The van der Waals surface area contributed by atoms with Gasteiger partial charge in [0.15, 0.2) is 0 Å². The first kappa shape index (κ1) is 11.2. The third-order valence-electron chi connectivity index (χ3n) is 1.16. The number of nitrogens with zero attached hydrogens (tertiary/aromatic N) is 1. The van der Waals surface area contributed by atoms with Crippen molar-refractivity contribution in [3.63, 3.8) is 0 Å². The number of halogens is 1. The standard InChI is InChI=1S/C8H12ClNO2/c1-10(12-2)8(11)6-4-3-5-7-9/h3-6H,7H2,1-2H3/b5-3-,6-4+. The van der Waals surface area contributed by atoms with Crippen LogP contribution in [0.2, 0.25) is 0 Å². The molecule has 0 bridgehead atoms. The molecule has 68 valence electrons. The maximum absolute atomic E-state index is 11.0. The van der Waals surface area contributed by atoms with Crippen LogP contribution in [0.5, 0.6) is 0 Å². The molecule has 0 radical (unpaired) electrons. The largest absolute Gasteiger partial charge is 0.274 e. The summed E-state index contributed by atoms with van der Waals surface area (Å²) in [4.78, 5) is 15.6. The zero-order valence-electron chi connectivity index (χ0n) is 7.16. The van der Waals surface area contributed by atoms with Crippen LogP contribution in [0, 0.1) is 0 Å². The van der Waals surface area contributed by atoms with E-state index in [-0.39, 0.29) is 5.91 Å². The number of alkyl halides is 1. The molecule has 0 unspecified atom stereocenters. The van der Waals surface area contributed by atoms with E-state index >= 15 is 0 Å². The van der Waals surface area contributed by atoms with Crippen LogP contribution in [0.25, 0.3) is 0 Å². The van der Waals surface area contributed by atoms with Crippen molar-refractivity contribution in [3.05, 3.63) is 24.3 Å². The van der Waals surface area contributed by atoms with Gasteiger partial charge in [-0.3, -0.25) is 9.63 Å². The number of hydrogen-bond donors (Lipinski definition) is 0. The normalized spacial score (nSPS) is 11.2. The third-order valence-corrected chi connectivity index (χ3v) is 1.34. The van der Waals surface area contributed by atoms with Crippen molar-refractivity contribution >= 4 is 17.5 Å². The average Bonchev–Trinajstić information content (AvgIpc) is 2.10. The first-order valence-electron chi connectivity index (χ1n) is 3.43. The van der Waals surface area contributed by atoms with Gasteiger partial charge in [-0.25, -0.2) is 5.06 Å². The van der Waals surface area contributed by atoms with Gasteiger partial charge in [-0.1, -0.05) is 18.2 Å². The summed E-state index contributed by atoms with van der Waals surface area (Å²) in [6, 6.07) is 0. The van der Waals surface area contributed by atoms with Crippen molar-refractivity contribution < 1.29 is 9.63 Å². The summed E-state index contributed by atoms with van der Waals surface area (Å²) in [7, 11) is 2.97. The predicted octanol–water partition coefficient (Wildman–Crippen LogP) is 1.36. The molecule has 0 N–H and O–H groups in total. The van der Waals surface area contributed by atoms with Crippen molar-refractivity contribution in [1.82, 2.24) is 5.06 Å². The molecule has 0 aromatic heterocycles. The topological polar surface area (TPSA) is 29.5 Å². The van der Waals surface area contributed by atoms with E-state index in [1.54, 1.807) is 18.2 Å². The van der Waals surface area contributed by atoms with Crippen molar-refractivity contribution in [1.29, 1.82) is 0 Å². The number of rotatable bonds is 4. The fraction of sp³-hybridized carbons (Fsp3) is 0.375. The second kappa shape index (κ2) is 6.88. The number of amides is 1. The summed E-state index contributed by atoms with van der Waals surface area (Å²) < 4.78 is 0. The molecule has 0 saturated carbocycles. The summed E-state index contributed by atoms with van der Waals surface area (Å²) in [6.07, 6.45) is 6.44. The van der Waals surface area contributed by atoms with Crippen LogP contribution in [-0.4, -0.2) is 31.0 Å². The zero-order chi connectivity index (χ0) is 9.40. The molecule has 3 nitrogen and oxygen atoms in total. The highest BCUT2D eigenvalue weighted by atomic mass is 35.5. The Bertz CT molecular complexity index is 189. The van der Waals surface area contributed by atoms with E-state index < -0.39 is 0 Å².